The average Bonchev–Trinajstić information content (AvgIpc) is 2.58. The van der Waals surface area contributed by atoms with E-state index in [9.17, 15) is 9.59 Å². The Balaban J connectivity index is 2.04. The largest absolute Gasteiger partial charge is 0.478 e. The van der Waals surface area contributed by atoms with E-state index in [-0.39, 0.29) is 16.7 Å². The second-order valence-electron chi connectivity index (χ2n) is 4.13. The first-order valence-electron chi connectivity index (χ1n) is 5.34. The summed E-state index contributed by atoms with van der Waals surface area (Å²) in [5, 5.41) is 8.87. The van der Waals surface area contributed by atoms with E-state index >= 15 is 0 Å². The van der Waals surface area contributed by atoms with Crippen LogP contribution in [0.4, 0.5) is 0 Å². The molecule has 1 aliphatic heterocycles. The van der Waals surface area contributed by atoms with Gasteiger partial charge in [-0.3, -0.25) is 4.79 Å². The molecule has 1 saturated heterocycles. The third-order valence-electron chi connectivity index (χ3n) is 2.77. The molecule has 1 unspecified atom stereocenters. The van der Waals surface area contributed by atoms with Crippen LogP contribution in [0.15, 0.2) is 24.3 Å². The third kappa shape index (κ3) is 2.79. The maximum Gasteiger partial charge on any atom is 0.335 e. The quantitative estimate of drug-likeness (QED) is 0.799. The van der Waals surface area contributed by atoms with Crippen LogP contribution in [0.1, 0.15) is 22.3 Å². The molecule has 0 saturated carbocycles. The molecular weight excluding hydrogens is 238 g/mol. The number of aromatic carboxylic acids is 1. The summed E-state index contributed by atoms with van der Waals surface area (Å²) in [6.07, 6.45) is 0.482. The maximum atomic E-state index is 11.5. The zero-order chi connectivity index (χ0) is 12.4. The molecule has 5 heteroatoms. The van der Waals surface area contributed by atoms with Crippen molar-refractivity contribution in [2.75, 3.05) is 6.54 Å². The Hall–Kier alpha value is -1.49. The van der Waals surface area contributed by atoms with Gasteiger partial charge in [-0.1, -0.05) is 12.1 Å². The number of benzene rings is 1. The van der Waals surface area contributed by atoms with Crippen molar-refractivity contribution in [1.29, 1.82) is 0 Å². The Labute approximate surface area is 105 Å². The second kappa shape index (κ2) is 4.79. The summed E-state index contributed by atoms with van der Waals surface area (Å²) in [5.41, 5.74) is 1.19. The Morgan fingerprint density at radius 3 is 2.53 bits per heavy atom. The van der Waals surface area contributed by atoms with Crippen LogP contribution in [0.25, 0.3) is 0 Å². The van der Waals surface area contributed by atoms with Gasteiger partial charge < -0.3 is 10.0 Å². The van der Waals surface area contributed by atoms with Crippen molar-refractivity contribution in [3.05, 3.63) is 35.4 Å². The van der Waals surface area contributed by atoms with Gasteiger partial charge in [0.25, 0.3) is 0 Å². The first-order valence-corrected chi connectivity index (χ1v) is 5.86. The molecule has 1 aromatic carbocycles. The normalized spacial score (nSPS) is 19.7. The van der Waals surface area contributed by atoms with Crippen LogP contribution in [-0.2, 0) is 11.3 Å². The second-order valence-corrected chi connectivity index (χ2v) is 4.86. The van der Waals surface area contributed by atoms with E-state index in [4.69, 9.17) is 5.11 Å². The number of hydrogen-bond donors (Lipinski definition) is 2. The smallest absolute Gasteiger partial charge is 0.335 e. The lowest BCUT2D eigenvalue weighted by Crippen LogP contribution is -2.24. The molecule has 0 spiro atoms. The van der Waals surface area contributed by atoms with E-state index in [1.165, 1.54) is 0 Å². The fourth-order valence-corrected chi connectivity index (χ4v) is 2.23. The fourth-order valence-electron chi connectivity index (χ4n) is 1.88. The number of nitrogens with zero attached hydrogens (tertiary/aromatic N) is 1. The molecular formula is C12H13NO3S. The van der Waals surface area contributed by atoms with Crippen molar-refractivity contribution in [3.63, 3.8) is 0 Å². The summed E-state index contributed by atoms with van der Waals surface area (Å²) in [4.78, 5) is 24.0. The molecule has 1 fully saturated rings. The van der Waals surface area contributed by atoms with Gasteiger partial charge in [0.15, 0.2) is 0 Å². The monoisotopic (exact) mass is 251 g/mol. The highest BCUT2D eigenvalue weighted by atomic mass is 32.1. The van der Waals surface area contributed by atoms with Gasteiger partial charge in [0.05, 0.1) is 5.56 Å². The first-order chi connectivity index (χ1) is 8.06. The van der Waals surface area contributed by atoms with Gasteiger partial charge in [-0.15, -0.1) is 0 Å². The molecule has 17 heavy (non-hydrogen) atoms. The maximum absolute atomic E-state index is 11.5. The van der Waals surface area contributed by atoms with Crippen molar-refractivity contribution >= 4 is 24.5 Å². The minimum atomic E-state index is -0.941. The van der Waals surface area contributed by atoms with E-state index in [1.54, 1.807) is 29.2 Å². The summed E-state index contributed by atoms with van der Waals surface area (Å²) in [7, 11) is 0. The van der Waals surface area contributed by atoms with Gasteiger partial charge in [0.2, 0.25) is 5.91 Å². The molecule has 4 nitrogen and oxygen atoms in total. The van der Waals surface area contributed by atoms with Crippen LogP contribution in [0.2, 0.25) is 0 Å². The van der Waals surface area contributed by atoms with Crippen LogP contribution >= 0.6 is 12.6 Å². The molecule has 0 aromatic heterocycles. The lowest BCUT2D eigenvalue weighted by molar-refractivity contribution is -0.128. The summed E-state index contributed by atoms with van der Waals surface area (Å²) in [6, 6.07) is 6.58. The Morgan fingerprint density at radius 1 is 1.41 bits per heavy atom. The Bertz CT molecular complexity index is 444. The average molecular weight is 251 g/mol. The number of hydrogen-bond acceptors (Lipinski definition) is 3. The zero-order valence-corrected chi connectivity index (χ0v) is 10.1. The molecule has 1 amide bonds. The molecule has 1 N–H and O–H groups in total. The van der Waals surface area contributed by atoms with Crippen LogP contribution in [0.5, 0.6) is 0 Å². The number of carboxylic acid groups (broad SMARTS) is 1. The predicted molar refractivity (Wildman–Crippen MR) is 66.2 cm³/mol. The Kier molecular flexibility index (Phi) is 3.38. The lowest BCUT2D eigenvalue weighted by atomic mass is 10.1. The summed E-state index contributed by atoms with van der Waals surface area (Å²) < 4.78 is 0. The standard InChI is InChI=1S/C12H13NO3S/c14-11-5-10(17)7-13(11)6-8-1-3-9(4-2-8)12(15)16/h1-4,10,17H,5-7H2,(H,15,16). The number of thiol groups is 1. The number of carbonyl (C=O) groups is 2. The minimum Gasteiger partial charge on any atom is -0.478 e. The van der Waals surface area contributed by atoms with Crippen molar-refractivity contribution in [3.8, 4) is 0 Å². The van der Waals surface area contributed by atoms with Crippen LogP contribution < -0.4 is 0 Å². The molecule has 1 heterocycles. The van der Waals surface area contributed by atoms with Gasteiger partial charge in [-0.2, -0.15) is 12.6 Å². The summed E-state index contributed by atoms with van der Waals surface area (Å²) >= 11 is 4.28. The van der Waals surface area contributed by atoms with E-state index in [1.807, 2.05) is 0 Å². The van der Waals surface area contributed by atoms with Crippen LogP contribution in [0, 0.1) is 0 Å². The molecule has 2 rings (SSSR count). The molecule has 0 radical (unpaired) electrons. The van der Waals surface area contributed by atoms with Crippen LogP contribution in [0.3, 0.4) is 0 Å². The molecule has 0 bridgehead atoms. The molecule has 1 aliphatic rings. The summed E-state index contributed by atoms with van der Waals surface area (Å²) in [6.45, 7) is 1.18. The number of likely N-dealkylation sites (tertiary alicyclic amines) is 1. The lowest BCUT2D eigenvalue weighted by Gasteiger charge is -2.15. The van der Waals surface area contributed by atoms with Crippen molar-refractivity contribution in [2.45, 2.75) is 18.2 Å². The highest BCUT2D eigenvalue weighted by Gasteiger charge is 2.26. The van der Waals surface area contributed by atoms with Crippen molar-refractivity contribution < 1.29 is 14.7 Å². The van der Waals surface area contributed by atoms with E-state index in [0.717, 1.165) is 5.56 Å². The fraction of sp³-hybridized carbons (Fsp3) is 0.333. The summed E-state index contributed by atoms with van der Waals surface area (Å²) in [5.74, 6) is -0.837. The third-order valence-corrected chi connectivity index (χ3v) is 3.11. The number of carboxylic acids is 1. The zero-order valence-electron chi connectivity index (χ0n) is 9.17. The van der Waals surface area contributed by atoms with Gasteiger partial charge in [0.1, 0.15) is 0 Å². The van der Waals surface area contributed by atoms with Crippen LogP contribution in [-0.4, -0.2) is 33.7 Å². The van der Waals surface area contributed by atoms with Crippen molar-refractivity contribution in [2.24, 2.45) is 0 Å². The molecule has 90 valence electrons. The van der Waals surface area contributed by atoms with Gasteiger partial charge in [-0.05, 0) is 17.7 Å². The van der Waals surface area contributed by atoms with Crippen molar-refractivity contribution in [1.82, 2.24) is 4.90 Å². The van der Waals surface area contributed by atoms with Gasteiger partial charge in [0, 0.05) is 24.8 Å². The minimum absolute atomic E-state index is 0.104. The highest BCUT2D eigenvalue weighted by molar-refractivity contribution is 7.81. The van der Waals surface area contributed by atoms with Gasteiger partial charge >= 0.3 is 5.97 Å². The van der Waals surface area contributed by atoms with E-state index in [2.05, 4.69) is 12.6 Å². The van der Waals surface area contributed by atoms with Gasteiger partial charge in [-0.25, -0.2) is 4.79 Å². The SMILES string of the molecule is O=C(O)c1ccc(CN2CC(S)CC2=O)cc1. The molecule has 1 atom stereocenters. The predicted octanol–water partition coefficient (Wildman–Crippen LogP) is 1.42. The number of carbonyl (C=O) groups excluding carboxylic acids is 1. The van der Waals surface area contributed by atoms with E-state index in [0.29, 0.717) is 19.5 Å². The highest BCUT2D eigenvalue weighted by Crippen LogP contribution is 2.18. The Morgan fingerprint density at radius 2 is 2.06 bits per heavy atom. The number of amides is 1. The molecule has 0 aliphatic carbocycles. The number of rotatable bonds is 3. The van der Waals surface area contributed by atoms with E-state index < -0.39 is 5.97 Å². The topological polar surface area (TPSA) is 57.6 Å². The first kappa shape index (κ1) is 12.0. The molecule has 1 aromatic rings.